The number of nitrogens with zero attached hydrogens (tertiary/aromatic N) is 2. The topological polar surface area (TPSA) is 81.9 Å². The van der Waals surface area contributed by atoms with Gasteiger partial charge in [-0.1, -0.05) is 60.4 Å². The Morgan fingerprint density at radius 2 is 1.79 bits per heavy atom. The number of carbonyl (C=O) groups is 1. The van der Waals surface area contributed by atoms with Crippen LogP contribution < -0.4 is 14.4 Å². The molecule has 0 aliphatic carbocycles. The molecule has 3 aromatic rings. The van der Waals surface area contributed by atoms with Crippen LogP contribution in [0.5, 0.6) is 11.5 Å². The third-order valence-electron chi connectivity index (χ3n) is 4.87. The lowest BCUT2D eigenvalue weighted by Crippen LogP contribution is -2.27. The van der Waals surface area contributed by atoms with E-state index in [1.807, 2.05) is 30.3 Å². The molecule has 3 aromatic carbocycles. The van der Waals surface area contributed by atoms with Crippen molar-refractivity contribution in [3.05, 3.63) is 98.9 Å². The van der Waals surface area contributed by atoms with Gasteiger partial charge in [0.2, 0.25) is 0 Å². The third-order valence-corrected chi connectivity index (χ3v) is 6.17. The summed E-state index contributed by atoms with van der Waals surface area (Å²) in [5.74, 6) is 0.680. The van der Waals surface area contributed by atoms with E-state index < -0.39 is 4.92 Å². The first-order valence-electron chi connectivity index (χ1n) is 9.84. The number of nitro groups is 1. The number of methoxy groups -OCH3 is 1. The second-order valence-electron chi connectivity index (χ2n) is 6.94. The standard InChI is InChI=1S/C24H18N2O5S2/c1-30-20-12-11-16(13-21(20)31-15-17-7-5-6-10-19(17)26(28)29)14-22-23(27)25(24(32)33-22)18-8-3-2-4-9-18/h2-14H,15H2,1H3/b22-14-. The minimum Gasteiger partial charge on any atom is -0.493 e. The summed E-state index contributed by atoms with van der Waals surface area (Å²) in [6.07, 6.45) is 1.74. The number of benzene rings is 3. The highest BCUT2D eigenvalue weighted by Gasteiger charge is 2.33. The molecular formula is C24H18N2O5S2. The van der Waals surface area contributed by atoms with Crippen LogP contribution in [0.15, 0.2) is 77.7 Å². The lowest BCUT2D eigenvalue weighted by molar-refractivity contribution is -0.385. The average molecular weight is 479 g/mol. The van der Waals surface area contributed by atoms with E-state index in [1.165, 1.54) is 29.8 Å². The Balaban J connectivity index is 1.58. The summed E-state index contributed by atoms with van der Waals surface area (Å²) < 4.78 is 11.7. The molecule has 0 N–H and O–H groups in total. The molecule has 0 aromatic heterocycles. The Kier molecular flexibility index (Phi) is 6.71. The van der Waals surface area contributed by atoms with E-state index in [0.717, 1.165) is 0 Å². The Morgan fingerprint density at radius 1 is 1.06 bits per heavy atom. The number of hydrogen-bond acceptors (Lipinski definition) is 7. The van der Waals surface area contributed by atoms with Gasteiger partial charge in [0.1, 0.15) is 6.61 Å². The number of amides is 1. The number of ether oxygens (including phenoxy) is 2. The van der Waals surface area contributed by atoms with E-state index in [4.69, 9.17) is 21.7 Å². The maximum absolute atomic E-state index is 13.0. The smallest absolute Gasteiger partial charge is 0.276 e. The summed E-state index contributed by atoms with van der Waals surface area (Å²) in [5.41, 5.74) is 1.85. The van der Waals surface area contributed by atoms with Crippen molar-refractivity contribution in [1.29, 1.82) is 0 Å². The molecule has 0 bridgehead atoms. The van der Waals surface area contributed by atoms with E-state index >= 15 is 0 Å². The van der Waals surface area contributed by atoms with Crippen molar-refractivity contribution in [2.24, 2.45) is 0 Å². The minimum atomic E-state index is -0.443. The van der Waals surface area contributed by atoms with Gasteiger partial charge in [-0.3, -0.25) is 19.8 Å². The van der Waals surface area contributed by atoms with Crippen LogP contribution in [-0.4, -0.2) is 22.3 Å². The summed E-state index contributed by atoms with van der Waals surface area (Å²) >= 11 is 6.64. The van der Waals surface area contributed by atoms with Gasteiger partial charge in [0.05, 0.1) is 28.2 Å². The van der Waals surface area contributed by atoms with Crippen molar-refractivity contribution in [1.82, 2.24) is 0 Å². The molecule has 1 saturated heterocycles. The molecule has 33 heavy (non-hydrogen) atoms. The number of thioether (sulfide) groups is 1. The van der Waals surface area contributed by atoms with Crippen molar-refractivity contribution < 1.29 is 19.2 Å². The minimum absolute atomic E-state index is 0.00686. The highest BCUT2D eigenvalue weighted by atomic mass is 32.2. The highest BCUT2D eigenvalue weighted by molar-refractivity contribution is 8.27. The maximum atomic E-state index is 13.0. The van der Waals surface area contributed by atoms with E-state index in [1.54, 1.807) is 42.5 Å². The molecule has 0 radical (unpaired) electrons. The molecule has 1 amide bonds. The van der Waals surface area contributed by atoms with Crippen molar-refractivity contribution >= 4 is 51.7 Å². The predicted octanol–water partition coefficient (Wildman–Crippen LogP) is 5.59. The molecule has 1 heterocycles. The molecule has 1 aliphatic rings. The first-order valence-corrected chi connectivity index (χ1v) is 11.1. The number of carbonyl (C=O) groups excluding carboxylic acids is 1. The van der Waals surface area contributed by atoms with Crippen LogP contribution >= 0.6 is 24.0 Å². The molecular weight excluding hydrogens is 460 g/mol. The summed E-state index contributed by atoms with van der Waals surface area (Å²) in [6.45, 7) is -0.00686. The van der Waals surface area contributed by atoms with Gasteiger partial charge in [0, 0.05) is 6.07 Å². The zero-order valence-electron chi connectivity index (χ0n) is 17.5. The number of hydrogen-bond donors (Lipinski definition) is 0. The summed E-state index contributed by atoms with van der Waals surface area (Å²) in [4.78, 5) is 25.8. The molecule has 0 atom stereocenters. The third kappa shape index (κ3) is 4.89. The predicted molar refractivity (Wildman–Crippen MR) is 133 cm³/mol. The van der Waals surface area contributed by atoms with Crippen LogP contribution in [0.4, 0.5) is 11.4 Å². The number of thiocarbonyl (C=S) groups is 1. The zero-order valence-corrected chi connectivity index (χ0v) is 19.1. The molecule has 4 rings (SSSR count). The molecule has 166 valence electrons. The average Bonchev–Trinajstić information content (AvgIpc) is 3.11. The van der Waals surface area contributed by atoms with Gasteiger partial charge in [-0.15, -0.1) is 0 Å². The Morgan fingerprint density at radius 3 is 2.52 bits per heavy atom. The first-order chi connectivity index (χ1) is 16.0. The lowest BCUT2D eigenvalue weighted by Gasteiger charge is -2.14. The van der Waals surface area contributed by atoms with Gasteiger partial charge in [-0.2, -0.15) is 0 Å². The molecule has 0 spiro atoms. The summed E-state index contributed by atoms with van der Waals surface area (Å²) in [6, 6.07) is 20.9. The number of rotatable bonds is 7. The summed E-state index contributed by atoms with van der Waals surface area (Å²) in [5, 5.41) is 11.3. The molecule has 1 aliphatic heterocycles. The van der Waals surface area contributed by atoms with Gasteiger partial charge < -0.3 is 9.47 Å². The number of para-hydroxylation sites is 2. The van der Waals surface area contributed by atoms with Gasteiger partial charge in [0.15, 0.2) is 15.8 Å². The van der Waals surface area contributed by atoms with Crippen LogP contribution in [0.1, 0.15) is 11.1 Å². The second kappa shape index (κ2) is 9.85. The second-order valence-corrected chi connectivity index (χ2v) is 8.61. The van der Waals surface area contributed by atoms with Gasteiger partial charge in [-0.25, -0.2) is 0 Å². The van der Waals surface area contributed by atoms with E-state index in [-0.39, 0.29) is 18.2 Å². The fraction of sp³-hybridized carbons (Fsp3) is 0.0833. The van der Waals surface area contributed by atoms with E-state index in [0.29, 0.717) is 37.5 Å². The van der Waals surface area contributed by atoms with Crippen LogP contribution in [0.25, 0.3) is 6.08 Å². The number of anilines is 1. The van der Waals surface area contributed by atoms with E-state index in [9.17, 15) is 14.9 Å². The van der Waals surface area contributed by atoms with Crippen molar-refractivity contribution in [2.75, 3.05) is 12.0 Å². The molecule has 1 fully saturated rings. The van der Waals surface area contributed by atoms with Gasteiger partial charge in [0.25, 0.3) is 11.6 Å². The molecule has 7 nitrogen and oxygen atoms in total. The fourth-order valence-electron chi connectivity index (χ4n) is 3.28. The van der Waals surface area contributed by atoms with Crippen LogP contribution in [0, 0.1) is 10.1 Å². The first kappa shape index (κ1) is 22.5. The Bertz CT molecular complexity index is 1260. The van der Waals surface area contributed by atoms with Crippen LogP contribution in [-0.2, 0) is 11.4 Å². The van der Waals surface area contributed by atoms with Crippen LogP contribution in [0.3, 0.4) is 0 Å². The maximum Gasteiger partial charge on any atom is 0.276 e. The lowest BCUT2D eigenvalue weighted by atomic mass is 10.1. The highest BCUT2D eigenvalue weighted by Crippen LogP contribution is 2.37. The Labute approximate surface area is 199 Å². The molecule has 9 heteroatoms. The monoisotopic (exact) mass is 478 g/mol. The quantitative estimate of drug-likeness (QED) is 0.190. The normalized spacial score (nSPS) is 14.6. The Hall–Kier alpha value is -3.69. The van der Waals surface area contributed by atoms with Crippen molar-refractivity contribution in [2.45, 2.75) is 6.61 Å². The zero-order chi connectivity index (χ0) is 23.4. The van der Waals surface area contributed by atoms with Crippen LogP contribution in [0.2, 0.25) is 0 Å². The van der Waals surface area contributed by atoms with Crippen molar-refractivity contribution in [3.63, 3.8) is 0 Å². The summed E-state index contributed by atoms with van der Waals surface area (Å²) in [7, 11) is 1.51. The fourth-order valence-corrected chi connectivity index (χ4v) is 4.58. The molecule has 0 unspecified atom stereocenters. The van der Waals surface area contributed by atoms with Gasteiger partial charge >= 0.3 is 0 Å². The molecule has 0 saturated carbocycles. The largest absolute Gasteiger partial charge is 0.493 e. The van der Waals surface area contributed by atoms with E-state index in [2.05, 4.69) is 0 Å². The van der Waals surface area contributed by atoms with Crippen molar-refractivity contribution in [3.8, 4) is 11.5 Å². The number of nitro benzene ring substituents is 1. The SMILES string of the molecule is COc1ccc(/C=C2\SC(=S)N(c3ccccc3)C2=O)cc1OCc1ccccc1[N+](=O)[O-]. The van der Waals surface area contributed by atoms with Gasteiger partial charge in [-0.05, 0) is 42.0 Å².